The van der Waals surface area contributed by atoms with Crippen LogP contribution in [0.5, 0.6) is 5.75 Å². The molecule has 3 heterocycles. The van der Waals surface area contributed by atoms with E-state index in [2.05, 4.69) is 4.90 Å². The van der Waals surface area contributed by atoms with Crippen molar-refractivity contribution >= 4 is 11.8 Å². The Labute approximate surface area is 157 Å². The maximum Gasteiger partial charge on any atom is 0.415 e. The summed E-state index contributed by atoms with van der Waals surface area (Å²) in [5.74, 6) is 0.446. The molecule has 7 heteroatoms. The molecule has 2 bridgehead atoms. The molecule has 0 spiro atoms. The second-order valence-corrected chi connectivity index (χ2v) is 6.93. The molecule has 3 aliphatic rings. The second kappa shape index (κ2) is 7.36. The normalized spacial score (nSPS) is 21.6. The second-order valence-electron chi connectivity index (χ2n) is 6.93. The SMILES string of the molecule is O=C(Oc1ccc(-c2ccccc2[N+](=O)[O-])cc1)N1CCN2CCC1CC2. The van der Waals surface area contributed by atoms with E-state index in [1.165, 1.54) is 6.07 Å². The fourth-order valence-electron chi connectivity index (χ4n) is 3.87. The van der Waals surface area contributed by atoms with Crippen molar-refractivity contribution in [1.29, 1.82) is 0 Å². The van der Waals surface area contributed by atoms with Gasteiger partial charge < -0.3 is 14.5 Å². The van der Waals surface area contributed by atoms with Crippen LogP contribution in [0.2, 0.25) is 0 Å². The lowest BCUT2D eigenvalue weighted by molar-refractivity contribution is -0.384. The number of fused-ring (bicyclic) bond motifs is 4. The van der Waals surface area contributed by atoms with E-state index in [-0.39, 0.29) is 17.8 Å². The van der Waals surface area contributed by atoms with Crippen molar-refractivity contribution in [3.8, 4) is 16.9 Å². The van der Waals surface area contributed by atoms with E-state index < -0.39 is 4.92 Å². The Morgan fingerprint density at radius 2 is 1.70 bits per heavy atom. The minimum atomic E-state index is -0.395. The number of nitro benzene ring substituents is 1. The average Bonchev–Trinajstić information content (AvgIpc) is 3.02. The molecule has 140 valence electrons. The third kappa shape index (κ3) is 3.64. The highest BCUT2D eigenvalue weighted by molar-refractivity contribution is 5.75. The Balaban J connectivity index is 1.48. The van der Waals surface area contributed by atoms with Crippen LogP contribution in [0, 0.1) is 10.1 Å². The number of hydrogen-bond donors (Lipinski definition) is 0. The quantitative estimate of drug-likeness (QED) is 0.613. The zero-order valence-corrected chi connectivity index (χ0v) is 14.9. The lowest BCUT2D eigenvalue weighted by Gasteiger charge is -2.30. The highest BCUT2D eigenvalue weighted by atomic mass is 16.6. The number of carbonyl (C=O) groups is 1. The molecule has 1 amide bonds. The van der Waals surface area contributed by atoms with Crippen LogP contribution in [0.25, 0.3) is 11.1 Å². The van der Waals surface area contributed by atoms with Gasteiger partial charge in [-0.25, -0.2) is 4.79 Å². The zero-order chi connectivity index (χ0) is 18.8. The van der Waals surface area contributed by atoms with Crippen molar-refractivity contribution in [2.75, 3.05) is 26.2 Å². The van der Waals surface area contributed by atoms with Crippen LogP contribution >= 0.6 is 0 Å². The Bertz CT molecular complexity index is 845. The van der Waals surface area contributed by atoms with E-state index in [1.807, 2.05) is 4.90 Å². The first-order valence-corrected chi connectivity index (χ1v) is 9.16. The van der Waals surface area contributed by atoms with E-state index in [1.54, 1.807) is 42.5 Å². The summed E-state index contributed by atoms with van der Waals surface area (Å²) in [7, 11) is 0. The molecule has 0 aliphatic carbocycles. The van der Waals surface area contributed by atoms with Crippen LogP contribution in [0.4, 0.5) is 10.5 Å². The monoisotopic (exact) mass is 367 g/mol. The summed E-state index contributed by atoms with van der Waals surface area (Å²) in [6.45, 7) is 3.66. The molecule has 2 aromatic rings. The summed E-state index contributed by atoms with van der Waals surface area (Å²) in [4.78, 5) is 27.6. The molecule has 7 nitrogen and oxygen atoms in total. The molecule has 3 fully saturated rings. The topological polar surface area (TPSA) is 75.9 Å². The Kier molecular flexibility index (Phi) is 4.77. The molecule has 3 saturated heterocycles. The molecular weight excluding hydrogens is 346 g/mol. The van der Waals surface area contributed by atoms with Crippen LogP contribution in [0.15, 0.2) is 48.5 Å². The van der Waals surface area contributed by atoms with Gasteiger partial charge in [0.15, 0.2) is 0 Å². The number of rotatable bonds is 3. The number of para-hydroxylation sites is 1. The summed E-state index contributed by atoms with van der Waals surface area (Å²) >= 11 is 0. The van der Waals surface area contributed by atoms with Gasteiger partial charge in [0.2, 0.25) is 0 Å². The van der Waals surface area contributed by atoms with Gasteiger partial charge >= 0.3 is 6.09 Å². The number of nitrogens with zero attached hydrogens (tertiary/aromatic N) is 3. The average molecular weight is 367 g/mol. The van der Waals surface area contributed by atoms with Crippen molar-refractivity contribution in [1.82, 2.24) is 9.80 Å². The summed E-state index contributed by atoms with van der Waals surface area (Å²) in [5, 5.41) is 11.2. The molecule has 0 saturated carbocycles. The third-order valence-electron chi connectivity index (χ3n) is 5.36. The molecule has 0 unspecified atom stereocenters. The van der Waals surface area contributed by atoms with E-state index >= 15 is 0 Å². The van der Waals surface area contributed by atoms with Crippen molar-refractivity contribution < 1.29 is 14.5 Å². The zero-order valence-electron chi connectivity index (χ0n) is 14.9. The fraction of sp³-hybridized carbons (Fsp3) is 0.350. The van der Waals surface area contributed by atoms with Gasteiger partial charge in [-0.3, -0.25) is 10.1 Å². The van der Waals surface area contributed by atoms with Crippen LogP contribution < -0.4 is 4.74 Å². The number of nitro groups is 1. The Morgan fingerprint density at radius 1 is 1.00 bits per heavy atom. The summed E-state index contributed by atoms with van der Waals surface area (Å²) < 4.78 is 5.56. The largest absolute Gasteiger partial charge is 0.415 e. The van der Waals surface area contributed by atoms with Gasteiger partial charge in [-0.1, -0.05) is 24.3 Å². The molecule has 0 N–H and O–H groups in total. The molecular formula is C20H21N3O4. The summed E-state index contributed by atoms with van der Waals surface area (Å²) in [6, 6.07) is 13.7. The number of benzene rings is 2. The Hall–Kier alpha value is -2.93. The minimum Gasteiger partial charge on any atom is -0.410 e. The molecule has 0 radical (unpaired) electrons. The standard InChI is InChI=1S/C20H21N3O4/c24-20(22-14-13-21-11-9-16(22)10-12-21)27-17-7-5-15(6-8-17)18-3-1-2-4-19(18)23(25)26/h1-8,16H,9-14H2. The fourth-order valence-corrected chi connectivity index (χ4v) is 3.87. The summed E-state index contributed by atoms with van der Waals surface area (Å²) in [5.41, 5.74) is 1.31. The first kappa shape index (κ1) is 17.5. The van der Waals surface area contributed by atoms with Gasteiger partial charge in [0.1, 0.15) is 5.75 Å². The highest BCUT2D eigenvalue weighted by Crippen LogP contribution is 2.31. The van der Waals surface area contributed by atoms with Crippen LogP contribution in [0.3, 0.4) is 0 Å². The Morgan fingerprint density at radius 3 is 2.41 bits per heavy atom. The molecule has 5 rings (SSSR count). The molecule has 3 aliphatic heterocycles. The van der Waals surface area contributed by atoms with Crippen molar-refractivity contribution in [3.05, 3.63) is 58.6 Å². The molecule has 0 aromatic heterocycles. The van der Waals surface area contributed by atoms with E-state index in [0.29, 0.717) is 23.4 Å². The number of hydrogen-bond acceptors (Lipinski definition) is 5. The van der Waals surface area contributed by atoms with Crippen molar-refractivity contribution in [3.63, 3.8) is 0 Å². The summed E-state index contributed by atoms with van der Waals surface area (Å²) in [6.07, 6.45) is 1.67. The van der Waals surface area contributed by atoms with Gasteiger partial charge in [-0.05, 0) is 36.6 Å². The predicted octanol–water partition coefficient (Wildman–Crippen LogP) is 3.54. The maximum absolute atomic E-state index is 12.6. The van der Waals surface area contributed by atoms with Crippen molar-refractivity contribution in [2.24, 2.45) is 0 Å². The van der Waals surface area contributed by atoms with Crippen molar-refractivity contribution in [2.45, 2.75) is 18.9 Å². The smallest absolute Gasteiger partial charge is 0.410 e. The van der Waals surface area contributed by atoms with E-state index in [4.69, 9.17) is 4.74 Å². The third-order valence-corrected chi connectivity index (χ3v) is 5.36. The van der Waals surface area contributed by atoms with Gasteiger partial charge in [-0.15, -0.1) is 0 Å². The van der Waals surface area contributed by atoms with Gasteiger partial charge in [0, 0.05) is 38.3 Å². The highest BCUT2D eigenvalue weighted by Gasteiger charge is 2.32. The first-order chi connectivity index (χ1) is 13.1. The lowest BCUT2D eigenvalue weighted by atomic mass is 10.0. The van der Waals surface area contributed by atoms with Gasteiger partial charge in [0.25, 0.3) is 5.69 Å². The van der Waals surface area contributed by atoms with Gasteiger partial charge in [-0.2, -0.15) is 0 Å². The minimum absolute atomic E-state index is 0.0533. The number of ether oxygens (including phenoxy) is 1. The maximum atomic E-state index is 12.6. The van der Waals surface area contributed by atoms with Crippen LogP contribution in [-0.4, -0.2) is 53.0 Å². The molecule has 27 heavy (non-hydrogen) atoms. The first-order valence-electron chi connectivity index (χ1n) is 9.16. The molecule has 2 aromatic carbocycles. The van der Waals surface area contributed by atoms with Crippen LogP contribution in [0.1, 0.15) is 12.8 Å². The van der Waals surface area contributed by atoms with Gasteiger partial charge in [0.05, 0.1) is 10.5 Å². The van der Waals surface area contributed by atoms with E-state index in [9.17, 15) is 14.9 Å². The predicted molar refractivity (Wildman–Crippen MR) is 101 cm³/mol. The lowest BCUT2D eigenvalue weighted by Crippen LogP contribution is -2.43. The number of amides is 1. The molecule has 0 atom stereocenters. The van der Waals surface area contributed by atoms with Crippen LogP contribution in [-0.2, 0) is 0 Å². The number of piperidine rings is 1. The van der Waals surface area contributed by atoms with E-state index in [0.717, 1.165) is 32.5 Å². The number of carbonyl (C=O) groups excluding carboxylic acids is 1.